The van der Waals surface area contributed by atoms with E-state index in [9.17, 15) is 9.59 Å². The van der Waals surface area contributed by atoms with Crippen LogP contribution in [0.15, 0.2) is 79.1 Å². The average Bonchev–Trinajstić information content (AvgIpc) is 3.31. The summed E-state index contributed by atoms with van der Waals surface area (Å²) in [5.41, 5.74) is 2.15. The van der Waals surface area contributed by atoms with Crippen molar-refractivity contribution in [2.24, 2.45) is 5.92 Å². The van der Waals surface area contributed by atoms with Gasteiger partial charge in [-0.05, 0) is 54.1 Å². The zero-order valence-corrected chi connectivity index (χ0v) is 16.2. The Kier molecular flexibility index (Phi) is 4.44. The van der Waals surface area contributed by atoms with Gasteiger partial charge in [-0.2, -0.15) is 0 Å². The van der Waals surface area contributed by atoms with Crippen molar-refractivity contribution in [3.05, 3.63) is 84.7 Å². The number of methoxy groups -OCH3 is 1. The van der Waals surface area contributed by atoms with E-state index in [0.29, 0.717) is 11.4 Å². The summed E-state index contributed by atoms with van der Waals surface area (Å²) in [6.45, 7) is 0. The first-order valence-corrected chi connectivity index (χ1v) is 9.62. The van der Waals surface area contributed by atoms with Crippen LogP contribution in [0, 0.1) is 5.92 Å². The summed E-state index contributed by atoms with van der Waals surface area (Å²) in [5.74, 6) is -0.663. The lowest BCUT2D eigenvalue weighted by Gasteiger charge is -2.28. The third-order valence-electron chi connectivity index (χ3n) is 5.50. The number of hydroxylamine groups is 1. The standard InChI is InChI=1S/C23H19N3O4/c1-29-18-9-7-16(8-10-18)25-22(27)19-20(15-11-13-24-14-12-15)26(30-21(19)23(25)28)17-5-3-2-4-6-17/h2-14,19-21H,1H3. The van der Waals surface area contributed by atoms with Gasteiger partial charge in [0.2, 0.25) is 5.91 Å². The van der Waals surface area contributed by atoms with Crippen LogP contribution in [-0.2, 0) is 14.4 Å². The number of ether oxygens (including phenoxy) is 1. The predicted octanol–water partition coefficient (Wildman–Crippen LogP) is 3.14. The van der Waals surface area contributed by atoms with Crippen LogP contribution in [0.25, 0.3) is 0 Å². The molecule has 2 aromatic carbocycles. The zero-order chi connectivity index (χ0) is 20.7. The van der Waals surface area contributed by atoms with Crippen molar-refractivity contribution in [3.8, 4) is 5.75 Å². The lowest BCUT2D eigenvalue weighted by Crippen LogP contribution is -2.37. The zero-order valence-electron chi connectivity index (χ0n) is 16.2. The number of hydrogen-bond acceptors (Lipinski definition) is 6. The quantitative estimate of drug-likeness (QED) is 0.626. The van der Waals surface area contributed by atoms with Gasteiger partial charge in [-0.25, -0.2) is 9.96 Å². The average molecular weight is 401 g/mol. The highest BCUT2D eigenvalue weighted by molar-refractivity contribution is 6.23. The lowest BCUT2D eigenvalue weighted by atomic mass is 9.91. The maximum Gasteiger partial charge on any atom is 0.266 e. The van der Waals surface area contributed by atoms with Gasteiger partial charge in [0.1, 0.15) is 11.7 Å². The van der Waals surface area contributed by atoms with E-state index in [1.54, 1.807) is 48.8 Å². The van der Waals surface area contributed by atoms with Crippen molar-refractivity contribution in [3.63, 3.8) is 0 Å². The van der Waals surface area contributed by atoms with Crippen LogP contribution >= 0.6 is 0 Å². The number of amides is 2. The number of rotatable bonds is 4. The van der Waals surface area contributed by atoms with Crippen LogP contribution in [0.2, 0.25) is 0 Å². The molecule has 150 valence electrons. The molecule has 3 aromatic rings. The minimum Gasteiger partial charge on any atom is -0.497 e. The summed E-state index contributed by atoms with van der Waals surface area (Å²) in [6, 6.07) is 19.6. The van der Waals surface area contributed by atoms with E-state index in [0.717, 1.165) is 11.3 Å². The number of benzene rings is 2. The Morgan fingerprint density at radius 2 is 1.57 bits per heavy atom. The van der Waals surface area contributed by atoms with Crippen molar-refractivity contribution in [1.82, 2.24) is 4.98 Å². The van der Waals surface area contributed by atoms with Gasteiger partial charge < -0.3 is 4.74 Å². The number of hydrogen-bond donors (Lipinski definition) is 0. The van der Waals surface area contributed by atoms with Gasteiger partial charge in [-0.1, -0.05) is 18.2 Å². The summed E-state index contributed by atoms with van der Waals surface area (Å²) in [4.78, 5) is 38.1. The van der Waals surface area contributed by atoms with Gasteiger partial charge in [0.15, 0.2) is 6.10 Å². The van der Waals surface area contributed by atoms with Crippen molar-refractivity contribution < 1.29 is 19.2 Å². The number of fused-ring (bicyclic) bond motifs is 1. The molecule has 0 aliphatic carbocycles. The molecule has 3 atom stereocenters. The van der Waals surface area contributed by atoms with E-state index in [1.807, 2.05) is 42.5 Å². The fourth-order valence-corrected chi connectivity index (χ4v) is 4.10. The number of nitrogens with zero attached hydrogens (tertiary/aromatic N) is 3. The molecule has 3 unspecified atom stereocenters. The SMILES string of the molecule is COc1ccc(N2C(=O)C3ON(c4ccccc4)C(c4ccncc4)C3C2=O)cc1. The largest absolute Gasteiger partial charge is 0.497 e. The molecule has 0 N–H and O–H groups in total. The van der Waals surface area contributed by atoms with Crippen LogP contribution in [0.4, 0.5) is 11.4 Å². The second kappa shape index (κ2) is 7.27. The number of carbonyl (C=O) groups is 2. The molecule has 30 heavy (non-hydrogen) atoms. The number of aromatic nitrogens is 1. The molecule has 0 radical (unpaired) electrons. The lowest BCUT2D eigenvalue weighted by molar-refractivity contribution is -0.126. The third kappa shape index (κ3) is 2.83. The first-order valence-electron chi connectivity index (χ1n) is 9.62. The van der Waals surface area contributed by atoms with Crippen LogP contribution < -0.4 is 14.7 Å². The Balaban J connectivity index is 1.55. The van der Waals surface area contributed by atoms with Crippen LogP contribution in [0.3, 0.4) is 0 Å². The summed E-state index contributed by atoms with van der Waals surface area (Å²) in [6.07, 6.45) is 2.46. The molecular formula is C23H19N3O4. The smallest absolute Gasteiger partial charge is 0.266 e. The Hall–Kier alpha value is -3.71. The van der Waals surface area contributed by atoms with Gasteiger partial charge in [-0.15, -0.1) is 0 Å². The monoisotopic (exact) mass is 401 g/mol. The maximum atomic E-state index is 13.5. The van der Waals surface area contributed by atoms with E-state index >= 15 is 0 Å². The second-order valence-electron chi connectivity index (χ2n) is 7.15. The summed E-state index contributed by atoms with van der Waals surface area (Å²) >= 11 is 0. The van der Waals surface area contributed by atoms with Crippen molar-refractivity contribution in [2.75, 3.05) is 17.1 Å². The highest BCUT2D eigenvalue weighted by atomic mass is 16.7. The van der Waals surface area contributed by atoms with E-state index in [1.165, 1.54) is 4.90 Å². The Morgan fingerprint density at radius 1 is 0.867 bits per heavy atom. The second-order valence-corrected chi connectivity index (χ2v) is 7.15. The van der Waals surface area contributed by atoms with Gasteiger partial charge in [0.25, 0.3) is 5.91 Å². The first-order chi connectivity index (χ1) is 14.7. The fourth-order valence-electron chi connectivity index (χ4n) is 4.10. The molecule has 2 aliphatic rings. The molecule has 0 saturated carbocycles. The first kappa shape index (κ1) is 18.3. The van der Waals surface area contributed by atoms with Crippen LogP contribution in [0.1, 0.15) is 11.6 Å². The minimum atomic E-state index is -0.891. The topological polar surface area (TPSA) is 72.0 Å². The highest BCUT2D eigenvalue weighted by Gasteiger charge is 2.60. The van der Waals surface area contributed by atoms with Crippen LogP contribution in [0.5, 0.6) is 5.75 Å². The normalized spacial score (nSPS) is 23.0. The van der Waals surface area contributed by atoms with E-state index in [2.05, 4.69) is 4.98 Å². The maximum absolute atomic E-state index is 13.5. The molecule has 1 aromatic heterocycles. The van der Waals surface area contributed by atoms with Gasteiger partial charge >= 0.3 is 0 Å². The molecule has 7 heteroatoms. The Morgan fingerprint density at radius 3 is 2.23 bits per heavy atom. The van der Waals surface area contributed by atoms with Crippen LogP contribution in [-0.4, -0.2) is 30.0 Å². The Labute approximate surface area is 173 Å². The molecule has 0 bridgehead atoms. The summed E-state index contributed by atoms with van der Waals surface area (Å²) in [7, 11) is 1.57. The van der Waals surface area contributed by atoms with E-state index in [4.69, 9.17) is 9.57 Å². The van der Waals surface area contributed by atoms with Crippen molar-refractivity contribution in [2.45, 2.75) is 12.1 Å². The summed E-state index contributed by atoms with van der Waals surface area (Å²) < 4.78 is 5.17. The number of anilines is 2. The number of para-hydroxylation sites is 1. The molecule has 2 fully saturated rings. The minimum absolute atomic E-state index is 0.282. The molecule has 7 nitrogen and oxygen atoms in total. The van der Waals surface area contributed by atoms with Crippen molar-refractivity contribution in [1.29, 1.82) is 0 Å². The van der Waals surface area contributed by atoms with Gasteiger partial charge in [-0.3, -0.25) is 19.4 Å². The molecule has 5 rings (SSSR count). The van der Waals surface area contributed by atoms with E-state index in [-0.39, 0.29) is 11.8 Å². The molecule has 2 aliphatic heterocycles. The Bertz CT molecular complexity index is 1070. The molecule has 3 heterocycles. The van der Waals surface area contributed by atoms with Gasteiger partial charge in [0.05, 0.1) is 24.5 Å². The molecule has 2 amide bonds. The molecule has 2 saturated heterocycles. The number of carbonyl (C=O) groups excluding carboxylic acids is 2. The summed E-state index contributed by atoms with van der Waals surface area (Å²) in [5, 5.41) is 1.67. The number of pyridine rings is 1. The van der Waals surface area contributed by atoms with Gasteiger partial charge in [0, 0.05) is 12.4 Å². The number of imide groups is 1. The third-order valence-corrected chi connectivity index (χ3v) is 5.50. The molecule has 0 spiro atoms. The van der Waals surface area contributed by atoms with Crippen molar-refractivity contribution >= 4 is 23.2 Å². The predicted molar refractivity (Wildman–Crippen MR) is 110 cm³/mol. The molecular weight excluding hydrogens is 382 g/mol. The highest BCUT2D eigenvalue weighted by Crippen LogP contribution is 2.47. The fraction of sp³-hybridized carbons (Fsp3) is 0.174. The van der Waals surface area contributed by atoms with E-state index < -0.39 is 18.1 Å².